The third-order valence-corrected chi connectivity index (χ3v) is 3.90. The number of hydrogen-bond acceptors (Lipinski definition) is 2. The standard InChI is InChI=1S/C16H21N3/c1-3-19-15(9-12(2)18-19)10-14-6-4-5-13-7-8-17-11-16(13)14/h4-6,9,17H,3,7-8,10-11H2,1-2H3. The monoisotopic (exact) mass is 255 g/mol. The van der Waals surface area contributed by atoms with E-state index in [1.165, 1.54) is 22.4 Å². The van der Waals surface area contributed by atoms with Gasteiger partial charge in [-0.1, -0.05) is 18.2 Å². The van der Waals surface area contributed by atoms with E-state index in [1.807, 2.05) is 0 Å². The van der Waals surface area contributed by atoms with E-state index in [1.54, 1.807) is 0 Å². The number of nitrogens with one attached hydrogen (secondary N) is 1. The summed E-state index contributed by atoms with van der Waals surface area (Å²) in [5.41, 5.74) is 6.88. The Morgan fingerprint density at radius 1 is 1.37 bits per heavy atom. The van der Waals surface area contributed by atoms with Crippen molar-refractivity contribution < 1.29 is 0 Å². The molecule has 1 aliphatic rings. The average Bonchev–Trinajstić information content (AvgIpc) is 2.79. The molecule has 0 saturated heterocycles. The predicted octanol–water partition coefficient (Wildman–Crippen LogP) is 2.45. The van der Waals surface area contributed by atoms with Crippen LogP contribution >= 0.6 is 0 Å². The highest BCUT2D eigenvalue weighted by Gasteiger charge is 2.14. The highest BCUT2D eigenvalue weighted by atomic mass is 15.3. The van der Waals surface area contributed by atoms with Crippen LogP contribution in [0.1, 0.15) is 35.0 Å². The fourth-order valence-corrected chi connectivity index (χ4v) is 2.96. The maximum absolute atomic E-state index is 4.54. The highest BCUT2D eigenvalue weighted by Crippen LogP contribution is 2.21. The molecule has 1 N–H and O–H groups in total. The number of aryl methyl sites for hydroxylation is 2. The maximum Gasteiger partial charge on any atom is 0.0596 e. The molecule has 0 unspecified atom stereocenters. The zero-order chi connectivity index (χ0) is 13.2. The summed E-state index contributed by atoms with van der Waals surface area (Å²) in [6.45, 7) is 7.26. The zero-order valence-electron chi connectivity index (χ0n) is 11.7. The third-order valence-electron chi connectivity index (χ3n) is 3.90. The van der Waals surface area contributed by atoms with E-state index in [0.717, 1.165) is 38.2 Å². The van der Waals surface area contributed by atoms with Crippen LogP contribution in [0.3, 0.4) is 0 Å². The lowest BCUT2D eigenvalue weighted by Crippen LogP contribution is -2.25. The van der Waals surface area contributed by atoms with Crippen LogP contribution in [0, 0.1) is 6.92 Å². The van der Waals surface area contributed by atoms with Crippen molar-refractivity contribution in [2.45, 2.75) is 39.8 Å². The largest absolute Gasteiger partial charge is 0.312 e. The first kappa shape index (κ1) is 12.4. The van der Waals surface area contributed by atoms with Crippen LogP contribution in [-0.2, 0) is 25.9 Å². The minimum atomic E-state index is 0.941. The van der Waals surface area contributed by atoms with E-state index in [-0.39, 0.29) is 0 Å². The van der Waals surface area contributed by atoms with Crippen LogP contribution < -0.4 is 5.32 Å². The van der Waals surface area contributed by atoms with Gasteiger partial charge in [0.25, 0.3) is 0 Å². The molecule has 0 bridgehead atoms. The summed E-state index contributed by atoms with van der Waals surface area (Å²) >= 11 is 0. The SMILES string of the molecule is CCn1nc(C)cc1Cc1cccc2c1CNCC2. The Balaban J connectivity index is 1.94. The molecule has 2 aromatic rings. The van der Waals surface area contributed by atoms with Crippen LogP contribution in [0.15, 0.2) is 24.3 Å². The Morgan fingerprint density at radius 2 is 2.26 bits per heavy atom. The molecule has 0 aliphatic carbocycles. The second-order valence-electron chi connectivity index (χ2n) is 5.25. The number of aromatic nitrogens is 2. The molecule has 1 aromatic carbocycles. The lowest BCUT2D eigenvalue weighted by Gasteiger charge is -2.20. The fraction of sp³-hybridized carbons (Fsp3) is 0.438. The number of hydrogen-bond donors (Lipinski definition) is 1. The number of nitrogens with zero attached hydrogens (tertiary/aromatic N) is 2. The molecular weight excluding hydrogens is 234 g/mol. The third kappa shape index (κ3) is 2.43. The molecule has 3 rings (SSSR count). The summed E-state index contributed by atoms with van der Waals surface area (Å²) in [5, 5.41) is 8.02. The molecule has 1 aliphatic heterocycles. The van der Waals surface area contributed by atoms with Crippen LogP contribution in [0.4, 0.5) is 0 Å². The summed E-state index contributed by atoms with van der Waals surface area (Å²) < 4.78 is 2.12. The van der Waals surface area contributed by atoms with E-state index in [2.05, 4.69) is 53.2 Å². The summed E-state index contributed by atoms with van der Waals surface area (Å²) in [6, 6.07) is 8.92. The first-order valence-corrected chi connectivity index (χ1v) is 7.11. The van der Waals surface area contributed by atoms with Crippen molar-refractivity contribution in [3.63, 3.8) is 0 Å². The normalized spacial score (nSPS) is 14.4. The Hall–Kier alpha value is -1.61. The molecule has 0 radical (unpaired) electrons. The molecule has 0 amide bonds. The molecule has 100 valence electrons. The lowest BCUT2D eigenvalue weighted by atomic mass is 9.93. The van der Waals surface area contributed by atoms with Gasteiger partial charge in [-0.05, 0) is 49.6 Å². The van der Waals surface area contributed by atoms with E-state index >= 15 is 0 Å². The Bertz CT molecular complexity index is 584. The fourth-order valence-electron chi connectivity index (χ4n) is 2.96. The van der Waals surface area contributed by atoms with Crippen LogP contribution in [0.5, 0.6) is 0 Å². The van der Waals surface area contributed by atoms with Gasteiger partial charge in [0.05, 0.1) is 5.69 Å². The second-order valence-corrected chi connectivity index (χ2v) is 5.25. The van der Waals surface area contributed by atoms with Gasteiger partial charge in [0.15, 0.2) is 0 Å². The van der Waals surface area contributed by atoms with Crippen molar-refractivity contribution in [2.75, 3.05) is 6.54 Å². The van der Waals surface area contributed by atoms with Gasteiger partial charge in [0.2, 0.25) is 0 Å². The molecular formula is C16H21N3. The summed E-state index contributed by atoms with van der Waals surface area (Å²) in [6.07, 6.45) is 2.13. The van der Waals surface area contributed by atoms with Crippen molar-refractivity contribution in [1.29, 1.82) is 0 Å². The van der Waals surface area contributed by atoms with Crippen LogP contribution in [0.25, 0.3) is 0 Å². The van der Waals surface area contributed by atoms with Gasteiger partial charge in [-0.15, -0.1) is 0 Å². The Morgan fingerprint density at radius 3 is 3.11 bits per heavy atom. The van der Waals surface area contributed by atoms with Gasteiger partial charge < -0.3 is 5.32 Å². The van der Waals surface area contributed by atoms with Gasteiger partial charge >= 0.3 is 0 Å². The van der Waals surface area contributed by atoms with Crippen molar-refractivity contribution in [3.8, 4) is 0 Å². The molecule has 19 heavy (non-hydrogen) atoms. The summed E-state index contributed by atoms with van der Waals surface area (Å²) in [4.78, 5) is 0. The van der Waals surface area contributed by atoms with E-state index in [4.69, 9.17) is 0 Å². The molecule has 1 aromatic heterocycles. The van der Waals surface area contributed by atoms with E-state index in [9.17, 15) is 0 Å². The number of rotatable bonds is 3. The molecule has 3 nitrogen and oxygen atoms in total. The minimum Gasteiger partial charge on any atom is -0.312 e. The zero-order valence-corrected chi connectivity index (χ0v) is 11.7. The van der Waals surface area contributed by atoms with Crippen molar-refractivity contribution in [2.24, 2.45) is 0 Å². The van der Waals surface area contributed by atoms with Crippen molar-refractivity contribution >= 4 is 0 Å². The topological polar surface area (TPSA) is 29.9 Å². The predicted molar refractivity (Wildman–Crippen MR) is 77.3 cm³/mol. The van der Waals surface area contributed by atoms with Crippen molar-refractivity contribution in [3.05, 3.63) is 52.3 Å². The van der Waals surface area contributed by atoms with Gasteiger partial charge in [0.1, 0.15) is 0 Å². The van der Waals surface area contributed by atoms with Gasteiger partial charge in [-0.3, -0.25) is 4.68 Å². The molecule has 0 atom stereocenters. The second kappa shape index (κ2) is 5.17. The van der Waals surface area contributed by atoms with Crippen LogP contribution in [0.2, 0.25) is 0 Å². The molecule has 3 heteroatoms. The van der Waals surface area contributed by atoms with Gasteiger partial charge in [0, 0.05) is 25.2 Å². The summed E-state index contributed by atoms with van der Waals surface area (Å²) in [7, 11) is 0. The van der Waals surface area contributed by atoms with E-state index < -0.39 is 0 Å². The molecule has 0 fully saturated rings. The molecule has 0 spiro atoms. The first-order valence-electron chi connectivity index (χ1n) is 7.11. The number of benzene rings is 1. The van der Waals surface area contributed by atoms with Gasteiger partial charge in [-0.25, -0.2) is 0 Å². The average molecular weight is 255 g/mol. The summed E-state index contributed by atoms with van der Waals surface area (Å²) in [5.74, 6) is 0. The minimum absolute atomic E-state index is 0.941. The maximum atomic E-state index is 4.54. The lowest BCUT2D eigenvalue weighted by molar-refractivity contribution is 0.617. The highest BCUT2D eigenvalue weighted by molar-refractivity contribution is 5.39. The number of fused-ring (bicyclic) bond motifs is 1. The smallest absolute Gasteiger partial charge is 0.0596 e. The van der Waals surface area contributed by atoms with Crippen LogP contribution in [-0.4, -0.2) is 16.3 Å². The first-order chi connectivity index (χ1) is 9.28. The molecule has 0 saturated carbocycles. The Labute approximate surface area is 114 Å². The van der Waals surface area contributed by atoms with E-state index in [0.29, 0.717) is 0 Å². The Kier molecular flexibility index (Phi) is 3.38. The van der Waals surface area contributed by atoms with Gasteiger partial charge in [-0.2, -0.15) is 5.10 Å². The van der Waals surface area contributed by atoms with Crippen molar-refractivity contribution in [1.82, 2.24) is 15.1 Å². The molecule has 2 heterocycles. The quantitative estimate of drug-likeness (QED) is 0.913.